The third-order valence-corrected chi connectivity index (χ3v) is 11.1. The lowest BCUT2D eigenvalue weighted by Gasteiger charge is -2.23. The van der Waals surface area contributed by atoms with Gasteiger partial charge >= 0.3 is 0 Å². The summed E-state index contributed by atoms with van der Waals surface area (Å²) in [5.74, 6) is 0.642. The van der Waals surface area contributed by atoms with Crippen LogP contribution in [-0.4, -0.2) is 32.1 Å². The maximum atomic E-state index is 14.8. The summed E-state index contributed by atoms with van der Waals surface area (Å²) < 4.78 is 9.08. The molecule has 7 aromatic carbocycles. The van der Waals surface area contributed by atoms with Gasteiger partial charge in [-0.25, -0.2) is 4.58 Å². The highest BCUT2D eigenvalue weighted by Gasteiger charge is 2.24. The Balaban J connectivity index is 1.26. The van der Waals surface area contributed by atoms with E-state index in [0.29, 0.717) is 5.56 Å². The van der Waals surface area contributed by atoms with Gasteiger partial charge in [-0.2, -0.15) is 0 Å². The Kier molecular flexibility index (Phi) is 8.07. The molecule has 0 saturated carbocycles. The topological polar surface area (TPSA) is 48.5 Å². The van der Waals surface area contributed by atoms with Crippen molar-refractivity contribution >= 4 is 71.3 Å². The maximum Gasteiger partial charge on any atom is 0.256 e. The van der Waals surface area contributed by atoms with Crippen LogP contribution in [0.15, 0.2) is 132 Å². The third-order valence-electron chi connectivity index (χ3n) is 11.1. The molecule has 0 bridgehead atoms. The summed E-state index contributed by atoms with van der Waals surface area (Å²) in [5.41, 5.74) is 6.15. The van der Waals surface area contributed by atoms with Gasteiger partial charge in [-0.3, -0.25) is 4.79 Å². The number of fused-ring (bicyclic) bond motifs is 4. The summed E-state index contributed by atoms with van der Waals surface area (Å²) in [5, 5.41) is 14.9. The SMILES string of the molecule is CCN(CC)c1ccc2c(-c3ccccc3C(=O)Nc3ccc4cccc5c6cccc7cccc(c3c45)c76)c3ccc(=[N+](CC)CC)cc-3oc2c1. The van der Waals surface area contributed by atoms with Crippen LogP contribution in [0.4, 0.5) is 11.4 Å². The molecule has 5 nitrogen and oxygen atoms in total. The number of nitrogens with one attached hydrogen (secondary N) is 1. The molecule has 0 fully saturated rings. The minimum absolute atomic E-state index is 0.152. The number of carbonyl (C=O) groups excluding carboxylic acids is 1. The van der Waals surface area contributed by atoms with Crippen LogP contribution < -0.4 is 20.1 Å². The predicted molar refractivity (Wildman–Crippen MR) is 224 cm³/mol. The normalized spacial score (nSPS) is 11.8. The molecular formula is C48H42N3O2+. The molecule has 53 heavy (non-hydrogen) atoms. The van der Waals surface area contributed by atoms with Gasteiger partial charge in [0.2, 0.25) is 5.36 Å². The van der Waals surface area contributed by atoms with E-state index in [0.717, 1.165) is 92.5 Å². The lowest BCUT2D eigenvalue weighted by molar-refractivity contribution is 0.102. The Labute approximate surface area is 309 Å². The second-order valence-corrected chi connectivity index (χ2v) is 13.8. The van der Waals surface area contributed by atoms with E-state index in [2.05, 4.69) is 152 Å². The molecule has 9 rings (SSSR count). The number of hydrogen-bond donors (Lipinski definition) is 1. The molecule has 0 radical (unpaired) electrons. The first-order chi connectivity index (χ1) is 26.0. The predicted octanol–water partition coefficient (Wildman–Crippen LogP) is 11.2. The van der Waals surface area contributed by atoms with Crippen molar-refractivity contribution in [3.63, 3.8) is 0 Å². The number of amides is 1. The van der Waals surface area contributed by atoms with Crippen molar-refractivity contribution in [3.8, 4) is 22.5 Å². The van der Waals surface area contributed by atoms with Gasteiger partial charge in [0.15, 0.2) is 0 Å². The van der Waals surface area contributed by atoms with Gasteiger partial charge in [0.25, 0.3) is 5.91 Å². The van der Waals surface area contributed by atoms with E-state index < -0.39 is 0 Å². The molecule has 0 spiro atoms. The van der Waals surface area contributed by atoms with Crippen molar-refractivity contribution in [2.45, 2.75) is 27.7 Å². The number of nitrogens with zero attached hydrogens (tertiary/aromatic N) is 2. The fourth-order valence-electron chi connectivity index (χ4n) is 8.58. The molecule has 1 aliphatic heterocycles. The molecule has 0 saturated heterocycles. The largest absolute Gasteiger partial charge is 0.456 e. The number of benzene rings is 8. The van der Waals surface area contributed by atoms with Gasteiger partial charge in [-0.15, -0.1) is 0 Å². The van der Waals surface area contributed by atoms with Crippen LogP contribution >= 0.6 is 0 Å². The Morgan fingerprint density at radius 1 is 0.623 bits per heavy atom. The van der Waals surface area contributed by atoms with Gasteiger partial charge < -0.3 is 14.6 Å². The number of anilines is 2. The maximum absolute atomic E-state index is 14.8. The van der Waals surface area contributed by atoms with E-state index in [9.17, 15) is 4.79 Å². The fourth-order valence-corrected chi connectivity index (χ4v) is 8.58. The fraction of sp³-hybridized carbons (Fsp3) is 0.167. The molecule has 7 aromatic rings. The van der Waals surface area contributed by atoms with Gasteiger partial charge in [0.1, 0.15) is 24.4 Å². The van der Waals surface area contributed by atoms with Crippen molar-refractivity contribution in [2.75, 3.05) is 36.4 Å². The van der Waals surface area contributed by atoms with E-state index in [1.54, 1.807) is 0 Å². The average molecular weight is 693 g/mol. The first-order valence-corrected chi connectivity index (χ1v) is 18.8. The van der Waals surface area contributed by atoms with Gasteiger partial charge in [-0.1, -0.05) is 78.9 Å². The van der Waals surface area contributed by atoms with E-state index in [-0.39, 0.29) is 5.91 Å². The van der Waals surface area contributed by atoms with E-state index in [4.69, 9.17) is 4.42 Å². The summed E-state index contributed by atoms with van der Waals surface area (Å²) in [6, 6.07) is 44.6. The monoisotopic (exact) mass is 692 g/mol. The molecular weight excluding hydrogens is 651 g/mol. The van der Waals surface area contributed by atoms with E-state index in [1.165, 1.54) is 26.9 Å². The van der Waals surface area contributed by atoms with Crippen molar-refractivity contribution in [3.05, 3.63) is 138 Å². The first kappa shape index (κ1) is 32.7. The number of hydrogen-bond acceptors (Lipinski definition) is 3. The summed E-state index contributed by atoms with van der Waals surface area (Å²) in [7, 11) is 0. The Morgan fingerprint density at radius 2 is 1.32 bits per heavy atom. The van der Waals surface area contributed by atoms with Crippen LogP contribution in [0.2, 0.25) is 0 Å². The van der Waals surface area contributed by atoms with Gasteiger partial charge in [-0.05, 0) is 101 Å². The molecule has 0 unspecified atom stereocenters. The lowest BCUT2D eigenvalue weighted by atomic mass is 9.88. The Bertz CT molecular complexity index is 2890. The third kappa shape index (κ3) is 5.22. The molecule has 0 atom stereocenters. The van der Waals surface area contributed by atoms with Crippen LogP contribution in [0.5, 0.6) is 0 Å². The minimum atomic E-state index is -0.152. The summed E-state index contributed by atoms with van der Waals surface area (Å²) in [4.78, 5) is 17.1. The highest BCUT2D eigenvalue weighted by atomic mass is 16.3. The minimum Gasteiger partial charge on any atom is -0.456 e. The second kappa shape index (κ2) is 13.1. The zero-order valence-corrected chi connectivity index (χ0v) is 30.7. The Hall–Kier alpha value is -6.20. The van der Waals surface area contributed by atoms with Crippen LogP contribution in [0.25, 0.3) is 76.5 Å². The number of rotatable bonds is 8. The molecule has 1 N–H and O–H groups in total. The molecule has 260 valence electrons. The smallest absolute Gasteiger partial charge is 0.256 e. The molecule has 2 aliphatic rings. The summed E-state index contributed by atoms with van der Waals surface area (Å²) in [6.07, 6.45) is 0. The second-order valence-electron chi connectivity index (χ2n) is 13.8. The van der Waals surface area contributed by atoms with E-state index in [1.807, 2.05) is 18.2 Å². The molecule has 5 heteroatoms. The molecule has 1 aliphatic carbocycles. The molecule has 1 heterocycles. The number of carbonyl (C=O) groups is 1. The van der Waals surface area contributed by atoms with Crippen molar-refractivity contribution in [2.24, 2.45) is 0 Å². The van der Waals surface area contributed by atoms with Crippen LogP contribution in [0.1, 0.15) is 38.1 Å². The quantitative estimate of drug-likeness (QED) is 0.0980. The molecule has 0 aromatic heterocycles. The van der Waals surface area contributed by atoms with Crippen LogP contribution in [-0.2, 0) is 0 Å². The van der Waals surface area contributed by atoms with Crippen LogP contribution in [0, 0.1) is 0 Å². The summed E-state index contributed by atoms with van der Waals surface area (Å²) in [6.45, 7) is 12.3. The zero-order valence-electron chi connectivity index (χ0n) is 30.7. The van der Waals surface area contributed by atoms with Crippen molar-refractivity contribution in [1.29, 1.82) is 0 Å². The van der Waals surface area contributed by atoms with Crippen LogP contribution in [0.3, 0.4) is 0 Å². The zero-order chi connectivity index (χ0) is 36.2. The van der Waals surface area contributed by atoms with E-state index >= 15 is 0 Å². The van der Waals surface area contributed by atoms with Crippen molar-refractivity contribution in [1.82, 2.24) is 4.58 Å². The standard InChI is InChI=1S/C48H41N3O2/c1-5-50(6-2)32-23-25-38-42(28-32)53-43-29-33(51(7-3)8-4)24-26-39(43)46(38)36-17-9-10-18-37(36)48(52)49-41-27-22-31-16-12-20-35-34-19-11-14-30-15-13-21-40(44(30)34)47(41)45(31)35/h9-29H,5-8H2,1-4H3/p+1. The average Bonchev–Trinajstić information content (AvgIpc) is 3.20. The van der Waals surface area contributed by atoms with Crippen molar-refractivity contribution < 1.29 is 9.21 Å². The Morgan fingerprint density at radius 3 is 2.06 bits per heavy atom. The van der Waals surface area contributed by atoms with Gasteiger partial charge in [0.05, 0.1) is 6.07 Å². The lowest BCUT2D eigenvalue weighted by Crippen LogP contribution is -2.29. The summed E-state index contributed by atoms with van der Waals surface area (Å²) >= 11 is 0. The highest BCUT2D eigenvalue weighted by molar-refractivity contribution is 6.36. The highest BCUT2D eigenvalue weighted by Crippen LogP contribution is 2.45. The van der Waals surface area contributed by atoms with Gasteiger partial charge in [0, 0.05) is 64.1 Å². The first-order valence-electron chi connectivity index (χ1n) is 18.8. The molecule has 1 amide bonds.